The Morgan fingerprint density at radius 2 is 1.71 bits per heavy atom. The first-order chi connectivity index (χ1) is 26.6. The molecule has 3 amide bonds. The fraction of sp³-hybridized carbons (Fsp3) is 0.475. The van der Waals surface area contributed by atoms with E-state index in [9.17, 15) is 39.9 Å². The SMILES string of the molecule is COc1ccc2c(c1)[C@]1(O[C@@H](CC(=O)N3Cc4ccccc4C[C@H]3CO)[C@H]([Si](C)(C)O)[C@H]1C)C(=O)N2Cc1cccc(NC(=O)[C@H]2O[C@@H](O)[C@H](O)[C@@H](O)[C@@H]2O)c1. The number of anilines is 2. The highest BCUT2D eigenvalue weighted by Crippen LogP contribution is 2.60. The Morgan fingerprint density at radius 1 is 0.982 bits per heavy atom. The lowest BCUT2D eigenvalue weighted by Gasteiger charge is -2.37. The first-order valence-electron chi connectivity index (χ1n) is 18.7. The van der Waals surface area contributed by atoms with Crippen LogP contribution in [0.1, 0.15) is 35.6 Å². The molecular formula is C40H49N3O12Si. The normalized spacial score (nSPS) is 31.3. The van der Waals surface area contributed by atoms with Crippen LogP contribution in [0.4, 0.5) is 11.4 Å². The molecule has 0 saturated carbocycles. The second-order valence-corrected chi connectivity index (χ2v) is 19.8. The summed E-state index contributed by atoms with van der Waals surface area (Å²) in [5, 5.41) is 53.0. The molecule has 4 heterocycles. The zero-order chi connectivity index (χ0) is 40.3. The van der Waals surface area contributed by atoms with Gasteiger partial charge in [-0.05, 0) is 66.5 Å². The highest BCUT2D eigenvalue weighted by molar-refractivity contribution is 6.71. The molecule has 0 aromatic heterocycles. The lowest BCUT2D eigenvalue weighted by Crippen LogP contribution is -2.60. The van der Waals surface area contributed by atoms with Gasteiger partial charge in [-0.15, -0.1) is 0 Å². The summed E-state index contributed by atoms with van der Waals surface area (Å²) in [6.07, 6.45) is -9.40. The number of methoxy groups -OCH3 is 1. The number of carbonyl (C=O) groups excluding carboxylic acids is 3. The molecule has 300 valence electrons. The highest BCUT2D eigenvalue weighted by Gasteiger charge is 2.66. The Morgan fingerprint density at radius 3 is 2.41 bits per heavy atom. The van der Waals surface area contributed by atoms with E-state index in [0.717, 1.165) is 11.1 Å². The number of amides is 3. The van der Waals surface area contributed by atoms with Crippen molar-refractivity contribution in [1.82, 2.24) is 4.90 Å². The second-order valence-electron chi connectivity index (χ2n) is 15.8. The molecule has 2 saturated heterocycles. The maximum atomic E-state index is 15.0. The van der Waals surface area contributed by atoms with Gasteiger partial charge in [0.1, 0.15) is 24.1 Å². The molecule has 7 N–H and O–H groups in total. The van der Waals surface area contributed by atoms with E-state index in [2.05, 4.69) is 5.32 Å². The summed E-state index contributed by atoms with van der Waals surface area (Å²) >= 11 is 0. The number of hydrogen-bond acceptors (Lipinski definition) is 12. The Labute approximate surface area is 325 Å². The van der Waals surface area contributed by atoms with Crippen LogP contribution in [-0.4, -0.2) is 118 Å². The molecule has 56 heavy (non-hydrogen) atoms. The number of rotatable bonds is 9. The molecule has 7 rings (SSSR count). The van der Waals surface area contributed by atoms with E-state index in [1.165, 1.54) is 7.11 Å². The van der Waals surface area contributed by atoms with Crippen molar-refractivity contribution in [3.05, 3.63) is 89.0 Å². The minimum absolute atomic E-state index is 0.0332. The minimum atomic E-state index is -3.13. The van der Waals surface area contributed by atoms with Gasteiger partial charge in [-0.25, -0.2) is 0 Å². The Bertz CT molecular complexity index is 1990. The van der Waals surface area contributed by atoms with E-state index in [1.54, 1.807) is 65.4 Å². The summed E-state index contributed by atoms with van der Waals surface area (Å²) in [5.41, 5.74) is 1.93. The quantitative estimate of drug-likeness (QED) is 0.152. The zero-order valence-corrected chi connectivity index (χ0v) is 32.6. The molecule has 3 aromatic carbocycles. The van der Waals surface area contributed by atoms with Crippen LogP contribution in [0.25, 0.3) is 0 Å². The number of aliphatic hydroxyl groups excluding tert-OH is 5. The van der Waals surface area contributed by atoms with Gasteiger partial charge in [-0.2, -0.15) is 0 Å². The van der Waals surface area contributed by atoms with Crippen molar-refractivity contribution in [2.75, 3.05) is 23.9 Å². The van der Waals surface area contributed by atoms with Crippen LogP contribution in [0.2, 0.25) is 18.6 Å². The Balaban J connectivity index is 1.17. The average molecular weight is 792 g/mol. The highest BCUT2D eigenvalue weighted by atomic mass is 28.4. The van der Waals surface area contributed by atoms with Gasteiger partial charge < -0.3 is 59.7 Å². The molecule has 0 aliphatic carbocycles. The maximum absolute atomic E-state index is 15.0. The van der Waals surface area contributed by atoms with Crippen molar-refractivity contribution in [2.24, 2.45) is 5.92 Å². The molecular weight excluding hydrogens is 743 g/mol. The molecule has 4 aliphatic heterocycles. The van der Waals surface area contributed by atoms with E-state index in [1.807, 2.05) is 31.2 Å². The summed E-state index contributed by atoms with van der Waals surface area (Å²) in [5.74, 6) is -1.58. The largest absolute Gasteiger partial charge is 0.497 e. The lowest BCUT2D eigenvalue weighted by atomic mass is 9.82. The van der Waals surface area contributed by atoms with Gasteiger partial charge >= 0.3 is 0 Å². The number of carbonyl (C=O) groups is 3. The third-order valence-corrected chi connectivity index (χ3v) is 14.3. The van der Waals surface area contributed by atoms with Crippen LogP contribution in [0, 0.1) is 5.92 Å². The smallest absolute Gasteiger partial charge is 0.264 e. The Kier molecular flexibility index (Phi) is 10.9. The van der Waals surface area contributed by atoms with Gasteiger partial charge in [0, 0.05) is 29.3 Å². The van der Waals surface area contributed by atoms with Gasteiger partial charge in [0.05, 0.1) is 44.5 Å². The van der Waals surface area contributed by atoms with Gasteiger partial charge in [0.15, 0.2) is 26.3 Å². The lowest BCUT2D eigenvalue weighted by molar-refractivity contribution is -0.274. The van der Waals surface area contributed by atoms with E-state index >= 15 is 4.79 Å². The molecule has 10 atom stereocenters. The standard InChI is InChI=1S/C40H49N3O12Si/c1-21-36(56(3,4)52)30(17-31(45)42-19-24-10-6-5-9-23(24)15-26(42)20-44)55-40(21)28-16-27(53-2)12-13-29(28)43(39(40)51)18-22-8-7-11-25(14-22)41-37(49)35-33(47)32(46)34(48)38(50)54-35/h5-14,16,21,26,30,32-36,38,44,46-48,50,52H,15,17-20H2,1-4H3,(H,41,49)/t21-,26+,30+,32+,33+,34-,35+,36-,38-,40+/m1/s1. The van der Waals surface area contributed by atoms with Crippen molar-refractivity contribution in [3.8, 4) is 5.75 Å². The van der Waals surface area contributed by atoms with E-state index < -0.39 is 74.1 Å². The minimum Gasteiger partial charge on any atom is -0.497 e. The van der Waals surface area contributed by atoms with Crippen LogP contribution < -0.4 is 15.0 Å². The summed E-state index contributed by atoms with van der Waals surface area (Å²) in [6.45, 7) is 5.59. The van der Waals surface area contributed by atoms with Gasteiger partial charge in [-0.1, -0.05) is 43.3 Å². The molecule has 4 aliphatic rings. The average Bonchev–Trinajstić information content (AvgIpc) is 3.60. The molecule has 0 radical (unpaired) electrons. The molecule has 15 nitrogen and oxygen atoms in total. The molecule has 2 fully saturated rings. The number of aliphatic hydroxyl groups is 5. The summed E-state index contributed by atoms with van der Waals surface area (Å²) in [7, 11) is -1.61. The predicted octanol–water partition coefficient (Wildman–Crippen LogP) is 1.11. The van der Waals surface area contributed by atoms with Crippen molar-refractivity contribution in [2.45, 2.75) is 99.9 Å². The van der Waals surface area contributed by atoms with Crippen molar-refractivity contribution in [3.63, 3.8) is 0 Å². The number of hydrogen-bond donors (Lipinski definition) is 7. The summed E-state index contributed by atoms with van der Waals surface area (Å²) in [4.78, 5) is 57.3. The van der Waals surface area contributed by atoms with Crippen LogP contribution in [0.3, 0.4) is 0 Å². The molecule has 16 heteroatoms. The summed E-state index contributed by atoms with van der Waals surface area (Å²) < 4.78 is 17.6. The fourth-order valence-corrected chi connectivity index (χ4v) is 11.6. The van der Waals surface area contributed by atoms with Gasteiger partial charge in [-0.3, -0.25) is 14.4 Å². The van der Waals surface area contributed by atoms with Crippen LogP contribution in [0.5, 0.6) is 5.75 Å². The number of fused-ring (bicyclic) bond motifs is 3. The number of nitrogens with one attached hydrogen (secondary N) is 1. The molecule has 0 bridgehead atoms. The number of ether oxygens (including phenoxy) is 3. The van der Waals surface area contributed by atoms with Gasteiger partial charge in [0.25, 0.3) is 11.8 Å². The molecule has 0 unspecified atom stereocenters. The zero-order valence-electron chi connectivity index (χ0n) is 31.6. The summed E-state index contributed by atoms with van der Waals surface area (Å²) in [6, 6.07) is 19.3. The van der Waals surface area contributed by atoms with Crippen molar-refractivity contribution < 1.29 is 58.9 Å². The van der Waals surface area contributed by atoms with Crippen LogP contribution >= 0.6 is 0 Å². The van der Waals surface area contributed by atoms with E-state index in [4.69, 9.17) is 14.2 Å². The maximum Gasteiger partial charge on any atom is 0.264 e. The van der Waals surface area contributed by atoms with Crippen molar-refractivity contribution >= 4 is 37.4 Å². The molecule has 3 aromatic rings. The third kappa shape index (κ3) is 6.92. The second kappa shape index (κ2) is 15.3. The number of nitrogens with zero attached hydrogens (tertiary/aromatic N) is 2. The van der Waals surface area contributed by atoms with Gasteiger partial charge in [0.2, 0.25) is 5.91 Å². The van der Waals surface area contributed by atoms with Crippen LogP contribution in [0.15, 0.2) is 66.7 Å². The monoisotopic (exact) mass is 791 g/mol. The first-order valence-corrected chi connectivity index (χ1v) is 21.8. The van der Waals surface area contributed by atoms with E-state index in [-0.39, 0.29) is 37.1 Å². The third-order valence-electron chi connectivity index (χ3n) is 11.8. The fourth-order valence-electron chi connectivity index (χ4n) is 9.09. The van der Waals surface area contributed by atoms with Crippen LogP contribution in [-0.2, 0) is 49.0 Å². The number of benzene rings is 3. The predicted molar refractivity (Wildman–Crippen MR) is 204 cm³/mol. The van der Waals surface area contributed by atoms with Crippen molar-refractivity contribution in [1.29, 1.82) is 0 Å². The van der Waals surface area contributed by atoms with E-state index in [0.29, 0.717) is 35.5 Å². The molecule has 1 spiro atoms. The topological polar surface area (TPSA) is 219 Å². The first kappa shape index (κ1) is 40.0. The Hall–Kier alpha value is -4.23.